The Kier molecular flexibility index (Phi) is 4.14. The largest absolute Gasteiger partial charge is 0.453 e. The van der Waals surface area contributed by atoms with Crippen LogP contribution in [0.3, 0.4) is 0 Å². The first-order valence-electron chi connectivity index (χ1n) is 7.41. The van der Waals surface area contributed by atoms with Crippen LogP contribution in [0.15, 0.2) is 56.9 Å². The van der Waals surface area contributed by atoms with Crippen molar-refractivity contribution in [2.24, 2.45) is 0 Å². The zero-order chi connectivity index (χ0) is 17.4. The molecule has 0 fully saturated rings. The minimum Gasteiger partial charge on any atom is -0.453 e. The molecule has 6 nitrogen and oxygen atoms in total. The van der Waals surface area contributed by atoms with Crippen molar-refractivity contribution in [1.82, 2.24) is 15.0 Å². The van der Waals surface area contributed by atoms with Crippen LogP contribution >= 0.6 is 27.7 Å². The van der Waals surface area contributed by atoms with Gasteiger partial charge in [-0.15, -0.1) is 0 Å². The Morgan fingerprint density at radius 2 is 2.12 bits per heavy atom. The summed E-state index contributed by atoms with van der Waals surface area (Å²) in [6.45, 7) is 0. The zero-order valence-electron chi connectivity index (χ0n) is 13.1. The maximum absolute atomic E-state index is 11.3. The number of H-pyrrole nitrogens is 2. The van der Waals surface area contributed by atoms with Crippen LogP contribution in [-0.4, -0.2) is 28.2 Å². The van der Waals surface area contributed by atoms with E-state index in [9.17, 15) is 4.79 Å². The molecule has 0 saturated heterocycles. The van der Waals surface area contributed by atoms with Gasteiger partial charge in [-0.2, -0.15) is 0 Å². The number of imidazole rings is 1. The highest BCUT2D eigenvalue weighted by atomic mass is 79.9. The number of rotatable bonds is 3. The fourth-order valence-electron chi connectivity index (χ4n) is 2.54. The highest BCUT2D eigenvalue weighted by Crippen LogP contribution is 2.35. The van der Waals surface area contributed by atoms with Crippen LogP contribution in [-0.2, 0) is 4.74 Å². The number of hydrogen-bond acceptors (Lipinski definition) is 4. The van der Waals surface area contributed by atoms with Gasteiger partial charge in [-0.25, -0.2) is 9.78 Å². The molecule has 4 aromatic rings. The molecule has 4 rings (SSSR count). The lowest BCUT2D eigenvalue weighted by atomic mass is 10.2. The number of amides is 1. The Labute approximate surface area is 155 Å². The first kappa shape index (κ1) is 16.0. The van der Waals surface area contributed by atoms with Crippen LogP contribution in [0.4, 0.5) is 10.7 Å². The van der Waals surface area contributed by atoms with Gasteiger partial charge in [0.15, 0.2) is 0 Å². The molecule has 0 atom stereocenters. The number of ether oxygens (including phenoxy) is 1. The van der Waals surface area contributed by atoms with E-state index in [2.05, 4.69) is 47.0 Å². The molecule has 2 aromatic heterocycles. The molecular formula is C17H13BrN4O2S. The Bertz CT molecular complexity index is 1090. The van der Waals surface area contributed by atoms with Crippen molar-refractivity contribution in [3.05, 3.63) is 47.1 Å². The number of methoxy groups -OCH3 is 1. The highest BCUT2D eigenvalue weighted by molar-refractivity contribution is 9.10. The number of anilines is 1. The SMILES string of the molecule is COC(=O)Nc1nc2ccc(Sc3c[nH]c4ccc(Br)cc34)cc2[nH]1. The fraction of sp³-hybridized carbons (Fsp3) is 0.0588. The first-order chi connectivity index (χ1) is 12.1. The number of nitrogens with zero attached hydrogens (tertiary/aromatic N) is 1. The monoisotopic (exact) mass is 416 g/mol. The third-order valence-electron chi connectivity index (χ3n) is 3.69. The van der Waals surface area contributed by atoms with E-state index < -0.39 is 6.09 Å². The molecule has 0 aliphatic rings. The second kappa shape index (κ2) is 6.45. The normalized spacial score (nSPS) is 11.1. The van der Waals surface area contributed by atoms with Crippen molar-refractivity contribution >= 4 is 61.7 Å². The van der Waals surface area contributed by atoms with Gasteiger partial charge in [0.25, 0.3) is 0 Å². The first-order valence-corrected chi connectivity index (χ1v) is 9.02. The average molecular weight is 417 g/mol. The number of carbonyl (C=O) groups excluding carboxylic acids is 1. The topological polar surface area (TPSA) is 82.8 Å². The summed E-state index contributed by atoms with van der Waals surface area (Å²) >= 11 is 5.18. The summed E-state index contributed by atoms with van der Waals surface area (Å²) in [5, 5.41) is 3.70. The molecule has 0 saturated carbocycles. The minimum absolute atomic E-state index is 0.361. The van der Waals surface area contributed by atoms with Crippen LogP contribution in [0.1, 0.15) is 0 Å². The van der Waals surface area contributed by atoms with E-state index in [-0.39, 0.29) is 0 Å². The van der Waals surface area contributed by atoms with Crippen LogP contribution in [0.2, 0.25) is 0 Å². The summed E-state index contributed by atoms with van der Waals surface area (Å²) in [7, 11) is 1.31. The Hall–Kier alpha value is -2.45. The molecule has 2 aromatic carbocycles. The lowest BCUT2D eigenvalue weighted by Crippen LogP contribution is -2.11. The van der Waals surface area contributed by atoms with E-state index in [1.807, 2.05) is 36.5 Å². The summed E-state index contributed by atoms with van der Waals surface area (Å²) in [6, 6.07) is 12.1. The number of hydrogen-bond donors (Lipinski definition) is 3. The maximum Gasteiger partial charge on any atom is 0.413 e. The Morgan fingerprint density at radius 1 is 1.24 bits per heavy atom. The third-order valence-corrected chi connectivity index (χ3v) is 5.23. The lowest BCUT2D eigenvalue weighted by Gasteiger charge is -2.01. The molecule has 0 unspecified atom stereocenters. The second-order valence-electron chi connectivity index (χ2n) is 5.33. The van der Waals surface area contributed by atoms with Crippen LogP contribution in [0.5, 0.6) is 0 Å². The van der Waals surface area contributed by atoms with Gasteiger partial charge in [0.2, 0.25) is 5.95 Å². The van der Waals surface area contributed by atoms with Gasteiger partial charge in [-0.1, -0.05) is 27.7 Å². The summed E-state index contributed by atoms with van der Waals surface area (Å²) in [4.78, 5) is 24.2. The number of benzene rings is 2. The molecule has 1 amide bonds. The number of fused-ring (bicyclic) bond motifs is 2. The number of aromatic nitrogens is 3. The van der Waals surface area contributed by atoms with Crippen LogP contribution < -0.4 is 5.32 Å². The van der Waals surface area contributed by atoms with Gasteiger partial charge in [0.05, 0.1) is 18.1 Å². The highest BCUT2D eigenvalue weighted by Gasteiger charge is 2.10. The van der Waals surface area contributed by atoms with Crippen molar-refractivity contribution in [1.29, 1.82) is 0 Å². The summed E-state index contributed by atoms with van der Waals surface area (Å²) in [5.74, 6) is 0.361. The molecule has 0 spiro atoms. The van der Waals surface area contributed by atoms with Crippen molar-refractivity contribution in [2.75, 3.05) is 12.4 Å². The molecule has 0 aliphatic heterocycles. The quantitative estimate of drug-likeness (QED) is 0.431. The van der Waals surface area contributed by atoms with E-state index >= 15 is 0 Å². The molecule has 8 heteroatoms. The second-order valence-corrected chi connectivity index (χ2v) is 7.36. The van der Waals surface area contributed by atoms with Crippen molar-refractivity contribution in [3.8, 4) is 0 Å². The zero-order valence-corrected chi connectivity index (χ0v) is 15.5. The minimum atomic E-state index is -0.557. The van der Waals surface area contributed by atoms with E-state index in [0.717, 1.165) is 36.2 Å². The Balaban J connectivity index is 1.64. The van der Waals surface area contributed by atoms with Crippen molar-refractivity contribution in [2.45, 2.75) is 9.79 Å². The van der Waals surface area contributed by atoms with Gasteiger partial charge in [-0.3, -0.25) is 5.32 Å². The summed E-state index contributed by atoms with van der Waals surface area (Å²) < 4.78 is 5.62. The fourth-order valence-corrected chi connectivity index (χ4v) is 3.86. The molecule has 0 aliphatic carbocycles. The average Bonchev–Trinajstić information content (AvgIpc) is 3.18. The van der Waals surface area contributed by atoms with Crippen LogP contribution in [0, 0.1) is 0 Å². The van der Waals surface area contributed by atoms with Crippen molar-refractivity contribution in [3.63, 3.8) is 0 Å². The molecule has 0 radical (unpaired) electrons. The molecular weight excluding hydrogens is 404 g/mol. The summed E-state index contributed by atoms with van der Waals surface area (Å²) in [6.07, 6.45) is 1.45. The van der Waals surface area contributed by atoms with Gasteiger partial charge in [0.1, 0.15) is 0 Å². The van der Waals surface area contributed by atoms with Gasteiger partial charge in [-0.05, 0) is 36.4 Å². The van der Waals surface area contributed by atoms with Crippen LogP contribution in [0.25, 0.3) is 21.9 Å². The smallest absolute Gasteiger partial charge is 0.413 e. The Morgan fingerprint density at radius 3 is 2.96 bits per heavy atom. The van der Waals surface area contributed by atoms with E-state index in [1.165, 1.54) is 7.11 Å². The van der Waals surface area contributed by atoms with Gasteiger partial charge >= 0.3 is 6.09 Å². The predicted molar refractivity (Wildman–Crippen MR) is 102 cm³/mol. The molecule has 2 heterocycles. The summed E-state index contributed by atoms with van der Waals surface area (Å²) in [5.41, 5.74) is 2.72. The molecule has 0 bridgehead atoms. The van der Waals surface area contributed by atoms with E-state index in [0.29, 0.717) is 5.95 Å². The number of aromatic amines is 2. The number of carbonyl (C=O) groups is 1. The lowest BCUT2D eigenvalue weighted by molar-refractivity contribution is 0.186. The number of halogens is 1. The standard InChI is InChI=1S/C17H13BrN4O2S/c1-24-17(23)22-16-20-13-5-3-10(7-14(13)21-16)25-15-8-19-12-4-2-9(18)6-11(12)15/h2-8,19H,1H3,(H2,20,21,22,23). The molecule has 3 N–H and O–H groups in total. The third kappa shape index (κ3) is 3.22. The number of nitrogens with one attached hydrogen (secondary N) is 3. The van der Waals surface area contributed by atoms with Gasteiger partial charge in [0, 0.05) is 31.4 Å². The van der Waals surface area contributed by atoms with Gasteiger partial charge < -0.3 is 14.7 Å². The van der Waals surface area contributed by atoms with E-state index in [1.54, 1.807) is 11.8 Å². The molecule has 25 heavy (non-hydrogen) atoms. The predicted octanol–water partition coefficient (Wildman–Crippen LogP) is 5.14. The van der Waals surface area contributed by atoms with Crippen molar-refractivity contribution < 1.29 is 9.53 Å². The van der Waals surface area contributed by atoms with E-state index in [4.69, 9.17) is 0 Å². The maximum atomic E-state index is 11.3. The molecule has 126 valence electrons.